The van der Waals surface area contributed by atoms with Crippen LogP contribution in [0.5, 0.6) is 0 Å². The van der Waals surface area contributed by atoms with Crippen molar-refractivity contribution in [3.05, 3.63) is 41.3 Å². The van der Waals surface area contributed by atoms with Gasteiger partial charge < -0.3 is 4.42 Å². The monoisotopic (exact) mass is 241 g/mol. The van der Waals surface area contributed by atoms with Crippen LogP contribution in [0.4, 0.5) is 13.2 Å². The molecule has 0 atom stereocenters. The first-order chi connectivity index (χ1) is 7.88. The Bertz CT molecular complexity index is 543. The number of nitrogens with zero attached hydrogens (tertiary/aromatic N) is 1. The highest BCUT2D eigenvalue weighted by Crippen LogP contribution is 2.37. The first-order valence-corrected chi connectivity index (χ1v) is 4.98. The predicted octanol–water partition coefficient (Wildman–Crippen LogP) is 3.98. The Hall–Kier alpha value is -1.78. The molecule has 0 saturated carbocycles. The molecule has 1 heterocycles. The molecule has 17 heavy (non-hydrogen) atoms. The largest absolute Gasteiger partial charge is 0.444 e. The van der Waals surface area contributed by atoms with Gasteiger partial charge in [-0.15, -0.1) is 0 Å². The third kappa shape index (κ3) is 2.33. The smallest absolute Gasteiger partial charge is 0.417 e. The second kappa shape index (κ2) is 3.91. The van der Waals surface area contributed by atoms with Crippen molar-refractivity contribution >= 4 is 0 Å². The topological polar surface area (TPSA) is 26.0 Å². The molecule has 2 rings (SSSR count). The van der Waals surface area contributed by atoms with Crippen LogP contribution in [-0.2, 0) is 6.18 Å². The van der Waals surface area contributed by atoms with Gasteiger partial charge in [0.25, 0.3) is 0 Å². The Kier molecular flexibility index (Phi) is 2.69. The van der Waals surface area contributed by atoms with E-state index in [4.69, 9.17) is 4.42 Å². The molecular weight excluding hydrogens is 231 g/mol. The van der Waals surface area contributed by atoms with Crippen molar-refractivity contribution in [2.75, 3.05) is 0 Å². The summed E-state index contributed by atoms with van der Waals surface area (Å²) >= 11 is 0. The lowest BCUT2D eigenvalue weighted by Crippen LogP contribution is -2.07. The summed E-state index contributed by atoms with van der Waals surface area (Å²) in [7, 11) is 0. The summed E-state index contributed by atoms with van der Waals surface area (Å²) in [6.07, 6.45) is -3.08. The highest BCUT2D eigenvalue weighted by Gasteiger charge is 2.34. The lowest BCUT2D eigenvalue weighted by molar-refractivity contribution is -0.137. The van der Waals surface area contributed by atoms with E-state index in [0.29, 0.717) is 5.69 Å². The van der Waals surface area contributed by atoms with E-state index in [-0.39, 0.29) is 11.5 Å². The zero-order valence-corrected chi connectivity index (χ0v) is 9.30. The predicted molar refractivity (Wildman–Crippen MR) is 56.4 cm³/mol. The number of alkyl halides is 3. The Morgan fingerprint density at radius 2 is 1.88 bits per heavy atom. The summed E-state index contributed by atoms with van der Waals surface area (Å²) in [6, 6.07) is 3.89. The fourth-order valence-corrected chi connectivity index (χ4v) is 1.56. The second-order valence-corrected chi connectivity index (χ2v) is 3.84. The summed E-state index contributed by atoms with van der Waals surface area (Å²) in [5.41, 5.74) is 0.522. The van der Waals surface area contributed by atoms with Gasteiger partial charge in [0.2, 0.25) is 5.89 Å². The van der Waals surface area contributed by atoms with Gasteiger partial charge in [-0.25, -0.2) is 4.98 Å². The summed E-state index contributed by atoms with van der Waals surface area (Å²) < 4.78 is 43.4. The Labute approximate surface area is 96.1 Å². The number of hydrogen-bond acceptors (Lipinski definition) is 2. The average molecular weight is 241 g/mol. The number of aryl methyl sites for hydroxylation is 2. The third-order valence-corrected chi connectivity index (χ3v) is 2.33. The molecule has 0 aliphatic heterocycles. The van der Waals surface area contributed by atoms with Crippen molar-refractivity contribution in [1.82, 2.24) is 4.98 Å². The van der Waals surface area contributed by atoms with Gasteiger partial charge in [0.1, 0.15) is 6.26 Å². The summed E-state index contributed by atoms with van der Waals surface area (Å²) in [5, 5.41) is 0. The molecule has 90 valence electrons. The minimum Gasteiger partial charge on any atom is -0.444 e. The lowest BCUT2D eigenvalue weighted by atomic mass is 10.0. The first-order valence-electron chi connectivity index (χ1n) is 4.98. The van der Waals surface area contributed by atoms with Crippen molar-refractivity contribution < 1.29 is 17.6 Å². The molecule has 0 aliphatic rings. The zero-order chi connectivity index (χ0) is 12.6. The molecular formula is C12H10F3NO. The van der Waals surface area contributed by atoms with Crippen molar-refractivity contribution in [2.45, 2.75) is 20.0 Å². The standard InChI is InChI=1S/C12H10F3NO/c1-7-3-4-10(12(13,14)15)9(5-7)11-16-8(2)6-17-11/h3-6H,1-2H3. The number of hydrogen-bond donors (Lipinski definition) is 0. The highest BCUT2D eigenvalue weighted by atomic mass is 19.4. The third-order valence-electron chi connectivity index (χ3n) is 2.33. The Morgan fingerprint density at radius 1 is 1.18 bits per heavy atom. The normalized spacial score (nSPS) is 11.8. The Balaban J connectivity index is 2.63. The number of oxazole rings is 1. The van der Waals surface area contributed by atoms with Gasteiger partial charge in [-0.05, 0) is 26.0 Å². The lowest BCUT2D eigenvalue weighted by Gasteiger charge is -2.11. The van der Waals surface area contributed by atoms with E-state index in [1.54, 1.807) is 13.8 Å². The molecule has 1 aromatic carbocycles. The minimum absolute atomic E-state index is 0.00137. The van der Waals surface area contributed by atoms with E-state index in [9.17, 15) is 13.2 Å². The van der Waals surface area contributed by atoms with Crippen LogP contribution in [0.1, 0.15) is 16.8 Å². The van der Waals surface area contributed by atoms with Crippen LogP contribution in [0.3, 0.4) is 0 Å². The first kappa shape index (κ1) is 11.7. The van der Waals surface area contributed by atoms with E-state index in [2.05, 4.69) is 4.98 Å². The van der Waals surface area contributed by atoms with Gasteiger partial charge >= 0.3 is 6.18 Å². The summed E-state index contributed by atoms with van der Waals surface area (Å²) in [5.74, 6) is -0.00137. The van der Waals surface area contributed by atoms with Gasteiger partial charge in [-0.1, -0.05) is 11.6 Å². The van der Waals surface area contributed by atoms with Crippen molar-refractivity contribution in [3.8, 4) is 11.5 Å². The van der Waals surface area contributed by atoms with Gasteiger partial charge in [0.05, 0.1) is 11.3 Å². The number of rotatable bonds is 1. The van der Waals surface area contributed by atoms with Gasteiger partial charge in [-0.2, -0.15) is 13.2 Å². The molecule has 0 spiro atoms. The van der Waals surface area contributed by atoms with Crippen LogP contribution in [-0.4, -0.2) is 4.98 Å². The van der Waals surface area contributed by atoms with Crippen molar-refractivity contribution in [3.63, 3.8) is 0 Å². The van der Waals surface area contributed by atoms with Crippen molar-refractivity contribution in [1.29, 1.82) is 0 Å². The van der Waals surface area contributed by atoms with E-state index in [1.807, 2.05) is 0 Å². The summed E-state index contributed by atoms with van der Waals surface area (Å²) in [6.45, 7) is 3.38. The van der Waals surface area contributed by atoms with Crippen LogP contribution in [0.15, 0.2) is 28.9 Å². The van der Waals surface area contributed by atoms with Crippen LogP contribution in [0, 0.1) is 13.8 Å². The zero-order valence-electron chi connectivity index (χ0n) is 9.30. The molecule has 0 amide bonds. The van der Waals surface area contributed by atoms with E-state index >= 15 is 0 Å². The molecule has 0 saturated heterocycles. The van der Waals surface area contributed by atoms with E-state index < -0.39 is 11.7 Å². The maximum Gasteiger partial charge on any atom is 0.417 e. The number of benzene rings is 1. The molecule has 0 aliphatic carbocycles. The maximum absolute atomic E-state index is 12.8. The molecule has 0 bridgehead atoms. The molecule has 2 nitrogen and oxygen atoms in total. The number of halogens is 3. The molecule has 2 aromatic rings. The van der Waals surface area contributed by atoms with Gasteiger partial charge in [0, 0.05) is 5.56 Å². The van der Waals surface area contributed by atoms with Crippen molar-refractivity contribution in [2.24, 2.45) is 0 Å². The fourth-order valence-electron chi connectivity index (χ4n) is 1.56. The molecule has 0 N–H and O–H groups in total. The molecule has 5 heteroatoms. The Morgan fingerprint density at radius 3 is 2.41 bits per heavy atom. The van der Waals surface area contributed by atoms with Crippen LogP contribution < -0.4 is 0 Å². The van der Waals surface area contributed by atoms with Crippen LogP contribution in [0.25, 0.3) is 11.5 Å². The summed E-state index contributed by atoms with van der Waals surface area (Å²) in [4.78, 5) is 3.93. The average Bonchev–Trinajstić information content (AvgIpc) is 2.62. The maximum atomic E-state index is 12.8. The van der Waals surface area contributed by atoms with Crippen LogP contribution in [0.2, 0.25) is 0 Å². The molecule has 0 unspecified atom stereocenters. The molecule has 0 fully saturated rings. The van der Waals surface area contributed by atoms with Gasteiger partial charge in [-0.3, -0.25) is 0 Å². The fraction of sp³-hybridized carbons (Fsp3) is 0.250. The number of aromatic nitrogens is 1. The molecule has 0 radical (unpaired) electrons. The van der Waals surface area contributed by atoms with E-state index in [1.165, 1.54) is 18.4 Å². The quantitative estimate of drug-likeness (QED) is 0.754. The minimum atomic E-state index is -4.41. The highest BCUT2D eigenvalue weighted by molar-refractivity contribution is 5.61. The SMILES string of the molecule is Cc1ccc(C(F)(F)F)c(-c2nc(C)co2)c1. The van der Waals surface area contributed by atoms with Gasteiger partial charge in [0.15, 0.2) is 0 Å². The van der Waals surface area contributed by atoms with Crippen LogP contribution >= 0.6 is 0 Å². The molecule has 1 aromatic heterocycles. The second-order valence-electron chi connectivity index (χ2n) is 3.84. The van der Waals surface area contributed by atoms with E-state index in [0.717, 1.165) is 11.6 Å².